The van der Waals surface area contributed by atoms with Crippen molar-refractivity contribution in [3.63, 3.8) is 0 Å². The quantitative estimate of drug-likeness (QED) is 0.558. The number of nitrogens with two attached hydrogens (primary N) is 1. The maximum Gasteiger partial charge on any atom is 0.0946 e. The predicted molar refractivity (Wildman–Crippen MR) is 56.8 cm³/mol. The Morgan fingerprint density at radius 1 is 1.60 bits per heavy atom. The fourth-order valence-electron chi connectivity index (χ4n) is 2.18. The van der Waals surface area contributed by atoms with E-state index < -0.39 is 0 Å². The van der Waals surface area contributed by atoms with Crippen molar-refractivity contribution in [3.8, 4) is 0 Å². The van der Waals surface area contributed by atoms with Crippen LogP contribution >= 0.6 is 0 Å². The minimum absolute atomic E-state index is 0.182. The molecule has 1 fully saturated rings. The third-order valence-electron chi connectivity index (χ3n) is 3.09. The van der Waals surface area contributed by atoms with Gasteiger partial charge in [-0.1, -0.05) is 0 Å². The first-order chi connectivity index (χ1) is 7.33. The number of hydrogen-bond acceptors (Lipinski definition) is 4. The molecule has 0 spiro atoms. The Kier molecular flexibility index (Phi) is 3.35. The van der Waals surface area contributed by atoms with Crippen LogP contribution in [-0.2, 0) is 11.8 Å². The Balaban J connectivity index is 2.12. The number of nitrogens with zero attached hydrogens (tertiary/aromatic N) is 2. The zero-order valence-corrected chi connectivity index (χ0v) is 9.02. The maximum atomic E-state index is 5.63. The first-order valence-corrected chi connectivity index (χ1v) is 5.33. The molecule has 5 heteroatoms. The highest BCUT2D eigenvalue weighted by atomic mass is 16.5. The Morgan fingerprint density at radius 3 is 2.87 bits per heavy atom. The predicted octanol–water partition coefficient (Wildman–Crippen LogP) is 0.351. The Labute approximate surface area is 89.6 Å². The number of hydrogen-bond donors (Lipinski definition) is 2. The van der Waals surface area contributed by atoms with Crippen molar-refractivity contribution < 1.29 is 4.74 Å². The monoisotopic (exact) mass is 210 g/mol. The lowest BCUT2D eigenvalue weighted by Gasteiger charge is -2.29. The topological polar surface area (TPSA) is 65.1 Å². The summed E-state index contributed by atoms with van der Waals surface area (Å²) in [6.07, 6.45) is 5.79. The van der Waals surface area contributed by atoms with Gasteiger partial charge in [0.05, 0.1) is 18.1 Å². The normalized spacial score (nSPS) is 20.4. The lowest BCUT2D eigenvalue weighted by molar-refractivity contribution is 0.0527. The molecule has 5 nitrogen and oxygen atoms in total. The summed E-state index contributed by atoms with van der Waals surface area (Å²) in [5.41, 5.74) is 4.04. The van der Waals surface area contributed by atoms with Gasteiger partial charge in [-0.3, -0.25) is 11.3 Å². The molecule has 0 aromatic carbocycles. The summed E-state index contributed by atoms with van der Waals surface area (Å²) in [5.74, 6) is 6.17. The van der Waals surface area contributed by atoms with E-state index in [1.807, 2.05) is 17.8 Å². The minimum Gasteiger partial charge on any atom is -0.381 e. The van der Waals surface area contributed by atoms with Crippen LogP contribution in [0.15, 0.2) is 12.5 Å². The molecule has 1 aromatic rings. The standard InChI is InChI=1S/C10H18N4O/c1-14-7-12-6-9(14)10(13-11)8-2-4-15-5-3-8/h6-8,10,13H,2-5,11H2,1H3. The summed E-state index contributed by atoms with van der Waals surface area (Å²) < 4.78 is 7.36. The van der Waals surface area contributed by atoms with Gasteiger partial charge in [0, 0.05) is 26.5 Å². The molecule has 15 heavy (non-hydrogen) atoms. The van der Waals surface area contributed by atoms with Gasteiger partial charge >= 0.3 is 0 Å². The van der Waals surface area contributed by atoms with Gasteiger partial charge in [0.15, 0.2) is 0 Å². The van der Waals surface area contributed by atoms with Gasteiger partial charge in [0.2, 0.25) is 0 Å². The average Bonchev–Trinajstić information content (AvgIpc) is 2.68. The number of aryl methyl sites for hydroxylation is 1. The van der Waals surface area contributed by atoms with E-state index in [1.54, 1.807) is 6.33 Å². The smallest absolute Gasteiger partial charge is 0.0946 e. The minimum atomic E-state index is 0.182. The van der Waals surface area contributed by atoms with Crippen LogP contribution in [0.5, 0.6) is 0 Å². The van der Waals surface area contributed by atoms with E-state index in [1.165, 1.54) is 0 Å². The fourth-order valence-corrected chi connectivity index (χ4v) is 2.18. The second-order valence-electron chi connectivity index (χ2n) is 4.02. The fraction of sp³-hybridized carbons (Fsp3) is 0.700. The highest BCUT2D eigenvalue weighted by molar-refractivity contribution is 5.06. The molecule has 1 aromatic heterocycles. The zero-order valence-electron chi connectivity index (χ0n) is 9.02. The molecular weight excluding hydrogens is 192 g/mol. The van der Waals surface area contributed by atoms with E-state index in [0.29, 0.717) is 5.92 Å². The number of aromatic nitrogens is 2. The molecule has 0 aliphatic carbocycles. The highest BCUT2D eigenvalue weighted by Gasteiger charge is 2.26. The molecule has 1 aliphatic rings. The molecule has 0 radical (unpaired) electrons. The highest BCUT2D eigenvalue weighted by Crippen LogP contribution is 2.28. The van der Waals surface area contributed by atoms with Gasteiger partial charge < -0.3 is 9.30 Å². The molecule has 2 rings (SSSR count). The largest absolute Gasteiger partial charge is 0.381 e. The summed E-state index contributed by atoms with van der Waals surface area (Å²) in [6.45, 7) is 1.67. The van der Waals surface area contributed by atoms with Crippen molar-refractivity contribution in [3.05, 3.63) is 18.2 Å². The second-order valence-corrected chi connectivity index (χ2v) is 4.02. The third kappa shape index (κ3) is 2.19. The lowest BCUT2D eigenvalue weighted by Crippen LogP contribution is -2.37. The number of hydrazine groups is 1. The van der Waals surface area contributed by atoms with Crippen molar-refractivity contribution in [2.75, 3.05) is 13.2 Å². The molecule has 1 atom stereocenters. The van der Waals surface area contributed by atoms with Gasteiger partial charge in [-0.25, -0.2) is 4.98 Å². The van der Waals surface area contributed by atoms with Crippen molar-refractivity contribution in [2.45, 2.75) is 18.9 Å². The molecule has 1 aliphatic heterocycles. The average molecular weight is 210 g/mol. The summed E-state index contributed by atoms with van der Waals surface area (Å²) in [6, 6.07) is 0.182. The molecule has 84 valence electrons. The molecule has 1 saturated heterocycles. The van der Waals surface area contributed by atoms with Crippen LogP contribution in [0.25, 0.3) is 0 Å². The number of nitrogens with one attached hydrogen (secondary N) is 1. The van der Waals surface area contributed by atoms with Crippen LogP contribution in [-0.4, -0.2) is 22.8 Å². The van der Waals surface area contributed by atoms with Gasteiger partial charge in [-0.15, -0.1) is 0 Å². The molecule has 1 unspecified atom stereocenters. The van der Waals surface area contributed by atoms with E-state index in [4.69, 9.17) is 10.6 Å². The summed E-state index contributed by atoms with van der Waals surface area (Å²) >= 11 is 0. The van der Waals surface area contributed by atoms with Gasteiger partial charge in [-0.05, 0) is 18.8 Å². The number of ether oxygens (including phenoxy) is 1. The molecule has 0 saturated carbocycles. The third-order valence-corrected chi connectivity index (χ3v) is 3.09. The first kappa shape index (κ1) is 10.6. The Morgan fingerprint density at radius 2 is 2.33 bits per heavy atom. The van der Waals surface area contributed by atoms with E-state index >= 15 is 0 Å². The van der Waals surface area contributed by atoms with Crippen LogP contribution in [0.2, 0.25) is 0 Å². The van der Waals surface area contributed by atoms with E-state index in [0.717, 1.165) is 31.7 Å². The Hall–Kier alpha value is -0.910. The van der Waals surface area contributed by atoms with Crippen molar-refractivity contribution >= 4 is 0 Å². The van der Waals surface area contributed by atoms with Crippen molar-refractivity contribution in [1.29, 1.82) is 0 Å². The number of imidazole rings is 1. The Bertz CT molecular complexity index is 306. The van der Waals surface area contributed by atoms with Crippen LogP contribution < -0.4 is 11.3 Å². The summed E-state index contributed by atoms with van der Waals surface area (Å²) in [5, 5.41) is 0. The maximum absolute atomic E-state index is 5.63. The van der Waals surface area contributed by atoms with Gasteiger partial charge in [0.25, 0.3) is 0 Å². The summed E-state index contributed by atoms with van der Waals surface area (Å²) in [7, 11) is 1.99. The second kappa shape index (κ2) is 4.74. The van der Waals surface area contributed by atoms with Crippen molar-refractivity contribution in [1.82, 2.24) is 15.0 Å². The van der Waals surface area contributed by atoms with Crippen LogP contribution in [0.4, 0.5) is 0 Å². The van der Waals surface area contributed by atoms with E-state index in [-0.39, 0.29) is 6.04 Å². The lowest BCUT2D eigenvalue weighted by atomic mass is 9.90. The van der Waals surface area contributed by atoms with E-state index in [9.17, 15) is 0 Å². The molecule has 0 bridgehead atoms. The molecule has 3 N–H and O–H groups in total. The van der Waals surface area contributed by atoms with Crippen LogP contribution in [0.1, 0.15) is 24.6 Å². The van der Waals surface area contributed by atoms with Gasteiger partial charge in [0.1, 0.15) is 0 Å². The van der Waals surface area contributed by atoms with E-state index in [2.05, 4.69) is 10.4 Å². The molecule has 2 heterocycles. The first-order valence-electron chi connectivity index (χ1n) is 5.33. The molecule has 0 amide bonds. The zero-order chi connectivity index (χ0) is 10.7. The van der Waals surface area contributed by atoms with Crippen LogP contribution in [0.3, 0.4) is 0 Å². The number of rotatable bonds is 3. The van der Waals surface area contributed by atoms with Crippen LogP contribution in [0, 0.1) is 5.92 Å². The van der Waals surface area contributed by atoms with Gasteiger partial charge in [-0.2, -0.15) is 0 Å². The molecular formula is C10H18N4O. The summed E-state index contributed by atoms with van der Waals surface area (Å²) in [4.78, 5) is 4.12. The van der Waals surface area contributed by atoms with Crippen molar-refractivity contribution in [2.24, 2.45) is 18.8 Å². The SMILES string of the molecule is Cn1cncc1C(NN)C1CCOCC1.